The monoisotopic (exact) mass is 183 g/mol. The van der Waals surface area contributed by atoms with Gasteiger partial charge in [0.1, 0.15) is 6.73 Å². The highest BCUT2D eigenvalue weighted by molar-refractivity contribution is 7.98. The molecule has 0 heterocycles. The average Bonchev–Trinajstić information content (AvgIpc) is 2.15. The first-order valence-corrected chi connectivity index (χ1v) is 4.96. The van der Waals surface area contributed by atoms with Crippen molar-refractivity contribution in [3.05, 3.63) is 24.3 Å². The highest BCUT2D eigenvalue weighted by Gasteiger charge is 1.96. The predicted molar refractivity (Wildman–Crippen MR) is 53.7 cm³/mol. The van der Waals surface area contributed by atoms with Crippen LogP contribution in [0.1, 0.15) is 0 Å². The van der Waals surface area contributed by atoms with E-state index in [0.717, 1.165) is 5.69 Å². The van der Waals surface area contributed by atoms with Crippen LogP contribution in [0.2, 0.25) is 0 Å². The second kappa shape index (κ2) is 5.06. The van der Waals surface area contributed by atoms with Crippen LogP contribution in [0.4, 0.5) is 5.69 Å². The standard InChI is InChI=1S/C9H13NOS/c1-11-7-10-8-5-3-4-6-9(8)12-2/h3-6,10H,7H2,1-2H3. The fourth-order valence-electron chi connectivity index (χ4n) is 0.941. The molecule has 1 aromatic rings. The van der Waals surface area contributed by atoms with E-state index in [1.165, 1.54) is 4.90 Å². The zero-order chi connectivity index (χ0) is 8.81. The van der Waals surface area contributed by atoms with Crippen molar-refractivity contribution >= 4 is 17.4 Å². The van der Waals surface area contributed by atoms with Crippen molar-refractivity contribution in [3.8, 4) is 0 Å². The molecular weight excluding hydrogens is 170 g/mol. The summed E-state index contributed by atoms with van der Waals surface area (Å²) in [5.41, 5.74) is 1.13. The molecule has 0 radical (unpaired) electrons. The summed E-state index contributed by atoms with van der Waals surface area (Å²) >= 11 is 1.73. The van der Waals surface area contributed by atoms with E-state index in [0.29, 0.717) is 6.73 Å². The van der Waals surface area contributed by atoms with Crippen LogP contribution in [0.25, 0.3) is 0 Å². The Balaban J connectivity index is 2.68. The summed E-state index contributed by atoms with van der Waals surface area (Å²) in [5.74, 6) is 0. The molecule has 66 valence electrons. The Hall–Kier alpha value is -0.670. The maximum Gasteiger partial charge on any atom is 0.116 e. The van der Waals surface area contributed by atoms with E-state index in [4.69, 9.17) is 4.74 Å². The van der Waals surface area contributed by atoms with Gasteiger partial charge in [-0.05, 0) is 18.4 Å². The summed E-state index contributed by atoms with van der Waals surface area (Å²) in [5, 5.41) is 3.17. The quantitative estimate of drug-likeness (QED) is 0.572. The van der Waals surface area contributed by atoms with E-state index in [9.17, 15) is 0 Å². The minimum absolute atomic E-state index is 0.553. The van der Waals surface area contributed by atoms with Crippen molar-refractivity contribution in [1.29, 1.82) is 0 Å². The number of para-hydroxylation sites is 1. The third-order valence-corrected chi connectivity index (χ3v) is 2.31. The van der Waals surface area contributed by atoms with Crippen LogP contribution in [0, 0.1) is 0 Å². The minimum atomic E-state index is 0.553. The van der Waals surface area contributed by atoms with Crippen LogP contribution in [0.3, 0.4) is 0 Å². The van der Waals surface area contributed by atoms with Crippen LogP contribution in [0.15, 0.2) is 29.2 Å². The van der Waals surface area contributed by atoms with E-state index < -0.39 is 0 Å². The smallest absolute Gasteiger partial charge is 0.116 e. The second-order valence-electron chi connectivity index (χ2n) is 2.31. The molecule has 3 heteroatoms. The molecule has 0 fully saturated rings. The zero-order valence-corrected chi connectivity index (χ0v) is 8.15. The molecule has 0 spiro atoms. The molecule has 0 amide bonds. The van der Waals surface area contributed by atoms with Gasteiger partial charge >= 0.3 is 0 Å². The van der Waals surface area contributed by atoms with E-state index in [1.807, 2.05) is 18.2 Å². The highest BCUT2D eigenvalue weighted by Crippen LogP contribution is 2.23. The topological polar surface area (TPSA) is 21.3 Å². The molecule has 1 N–H and O–H groups in total. The van der Waals surface area contributed by atoms with Crippen molar-refractivity contribution in [1.82, 2.24) is 0 Å². The lowest BCUT2D eigenvalue weighted by Crippen LogP contribution is -2.03. The summed E-state index contributed by atoms with van der Waals surface area (Å²) < 4.78 is 4.92. The van der Waals surface area contributed by atoms with E-state index in [-0.39, 0.29) is 0 Å². The van der Waals surface area contributed by atoms with Gasteiger partial charge in [0.25, 0.3) is 0 Å². The molecule has 0 aliphatic carbocycles. The first-order valence-electron chi connectivity index (χ1n) is 3.74. The molecule has 0 aromatic heterocycles. The largest absolute Gasteiger partial charge is 0.365 e. The Labute approximate surface area is 77.3 Å². The first kappa shape index (κ1) is 9.42. The molecule has 12 heavy (non-hydrogen) atoms. The van der Waals surface area contributed by atoms with Gasteiger partial charge in [-0.3, -0.25) is 0 Å². The number of rotatable bonds is 4. The lowest BCUT2D eigenvalue weighted by Gasteiger charge is -2.08. The van der Waals surface area contributed by atoms with E-state index >= 15 is 0 Å². The molecule has 0 atom stereocenters. The van der Waals surface area contributed by atoms with Gasteiger partial charge in [0.15, 0.2) is 0 Å². The summed E-state index contributed by atoms with van der Waals surface area (Å²) in [6, 6.07) is 8.18. The minimum Gasteiger partial charge on any atom is -0.365 e. The molecule has 0 aliphatic heterocycles. The van der Waals surface area contributed by atoms with Crippen molar-refractivity contribution < 1.29 is 4.74 Å². The van der Waals surface area contributed by atoms with Crippen LogP contribution in [-0.4, -0.2) is 20.1 Å². The Morgan fingerprint density at radius 2 is 2.17 bits per heavy atom. The average molecular weight is 183 g/mol. The van der Waals surface area contributed by atoms with Crippen molar-refractivity contribution in [2.45, 2.75) is 4.90 Å². The molecule has 0 saturated heterocycles. The summed E-state index contributed by atoms with van der Waals surface area (Å²) in [4.78, 5) is 1.24. The summed E-state index contributed by atoms with van der Waals surface area (Å²) in [7, 11) is 1.68. The number of hydrogen-bond donors (Lipinski definition) is 1. The lowest BCUT2D eigenvalue weighted by atomic mass is 10.3. The van der Waals surface area contributed by atoms with Gasteiger partial charge < -0.3 is 10.1 Å². The van der Waals surface area contributed by atoms with Gasteiger partial charge in [0.05, 0.1) is 0 Å². The third-order valence-electron chi connectivity index (χ3n) is 1.51. The summed E-state index contributed by atoms with van der Waals surface area (Å²) in [6.45, 7) is 0.553. The van der Waals surface area contributed by atoms with E-state index in [2.05, 4.69) is 17.6 Å². The molecule has 0 bridgehead atoms. The van der Waals surface area contributed by atoms with Crippen molar-refractivity contribution in [3.63, 3.8) is 0 Å². The molecule has 1 aromatic carbocycles. The lowest BCUT2D eigenvalue weighted by molar-refractivity contribution is 0.221. The van der Waals surface area contributed by atoms with Crippen LogP contribution >= 0.6 is 11.8 Å². The van der Waals surface area contributed by atoms with Gasteiger partial charge in [-0.15, -0.1) is 11.8 Å². The number of methoxy groups -OCH3 is 1. The number of ether oxygens (including phenoxy) is 1. The van der Waals surface area contributed by atoms with Gasteiger partial charge in [-0.1, -0.05) is 12.1 Å². The maximum absolute atomic E-state index is 4.92. The molecule has 0 aliphatic rings. The SMILES string of the molecule is COCNc1ccccc1SC. The van der Waals surface area contributed by atoms with Crippen molar-refractivity contribution in [2.24, 2.45) is 0 Å². The second-order valence-corrected chi connectivity index (χ2v) is 3.16. The molecule has 2 nitrogen and oxygen atoms in total. The number of thioether (sulfide) groups is 1. The molecular formula is C9H13NOS. The number of nitrogens with one attached hydrogen (secondary N) is 1. The fraction of sp³-hybridized carbons (Fsp3) is 0.333. The fourth-order valence-corrected chi connectivity index (χ4v) is 1.52. The van der Waals surface area contributed by atoms with Gasteiger partial charge in [-0.25, -0.2) is 0 Å². The first-order chi connectivity index (χ1) is 5.88. The predicted octanol–water partition coefficient (Wildman–Crippen LogP) is 2.42. The highest BCUT2D eigenvalue weighted by atomic mass is 32.2. The Bertz CT molecular complexity index is 240. The summed E-state index contributed by atoms with van der Waals surface area (Å²) in [6.07, 6.45) is 2.06. The maximum atomic E-state index is 4.92. The van der Waals surface area contributed by atoms with Crippen molar-refractivity contribution in [2.75, 3.05) is 25.4 Å². The molecule has 0 unspecified atom stereocenters. The number of anilines is 1. The third kappa shape index (κ3) is 2.43. The van der Waals surface area contributed by atoms with Gasteiger partial charge in [0.2, 0.25) is 0 Å². The van der Waals surface area contributed by atoms with E-state index in [1.54, 1.807) is 18.9 Å². The number of benzene rings is 1. The van der Waals surface area contributed by atoms with Gasteiger partial charge in [-0.2, -0.15) is 0 Å². The Morgan fingerprint density at radius 1 is 1.42 bits per heavy atom. The van der Waals surface area contributed by atoms with Crippen LogP contribution in [-0.2, 0) is 4.74 Å². The van der Waals surface area contributed by atoms with Crippen LogP contribution < -0.4 is 5.32 Å². The zero-order valence-electron chi connectivity index (χ0n) is 7.33. The Morgan fingerprint density at radius 3 is 2.83 bits per heavy atom. The normalized spacial score (nSPS) is 9.83. The van der Waals surface area contributed by atoms with Gasteiger partial charge in [0, 0.05) is 17.7 Å². The molecule has 1 rings (SSSR count). The Kier molecular flexibility index (Phi) is 3.97. The number of hydrogen-bond acceptors (Lipinski definition) is 3. The van der Waals surface area contributed by atoms with Crippen LogP contribution in [0.5, 0.6) is 0 Å². The molecule has 0 saturated carbocycles.